The number of ether oxygens (including phenoxy) is 1. The lowest BCUT2D eigenvalue weighted by molar-refractivity contribution is -0.122. The smallest absolute Gasteiger partial charge is 0.267 e. The summed E-state index contributed by atoms with van der Waals surface area (Å²) in [5.74, 6) is -0.159. The molecule has 0 aliphatic carbocycles. The molecule has 6 nitrogen and oxygen atoms in total. The number of hydrogen-bond donors (Lipinski definition) is 1. The van der Waals surface area contributed by atoms with Crippen LogP contribution in [0.2, 0.25) is 0 Å². The average molecular weight is 451 g/mol. The van der Waals surface area contributed by atoms with Crippen molar-refractivity contribution in [2.24, 2.45) is 0 Å². The first-order valence-corrected chi connectivity index (χ1v) is 12.2. The Morgan fingerprint density at radius 3 is 2.50 bits per heavy atom. The molecule has 0 bridgehead atoms. The van der Waals surface area contributed by atoms with E-state index < -0.39 is 16.1 Å². The molecule has 0 radical (unpaired) electrons. The predicted molar refractivity (Wildman–Crippen MR) is 126 cm³/mol. The monoisotopic (exact) mass is 450 g/mol. The summed E-state index contributed by atoms with van der Waals surface area (Å²) in [5.41, 5.74) is 3.84. The fourth-order valence-electron chi connectivity index (χ4n) is 3.87. The standard InChI is InChI=1S/C25H26N2O4S/c1-3-20-13-9-10-18(2)24(20)26-25(28)23-16-27(21-14-7-8-15-22(21)31-23)32(29,30)17-19-11-5-4-6-12-19/h4-15,23H,3,16-17H2,1-2H3,(H,26,28). The van der Waals surface area contributed by atoms with E-state index in [4.69, 9.17) is 4.74 Å². The van der Waals surface area contributed by atoms with Crippen molar-refractivity contribution in [3.63, 3.8) is 0 Å². The molecule has 0 saturated heterocycles. The van der Waals surface area contributed by atoms with Crippen LogP contribution in [0.4, 0.5) is 11.4 Å². The third-order valence-corrected chi connectivity index (χ3v) is 7.26. The van der Waals surface area contributed by atoms with E-state index in [0.29, 0.717) is 17.0 Å². The first kappa shape index (κ1) is 21.9. The number of nitrogens with zero attached hydrogens (tertiary/aromatic N) is 1. The van der Waals surface area contributed by atoms with Crippen molar-refractivity contribution in [1.82, 2.24) is 0 Å². The molecule has 1 aliphatic rings. The number of aryl methyl sites for hydroxylation is 2. The van der Waals surface area contributed by atoms with Crippen molar-refractivity contribution in [2.45, 2.75) is 32.1 Å². The largest absolute Gasteiger partial charge is 0.476 e. The second-order valence-corrected chi connectivity index (χ2v) is 9.69. The lowest BCUT2D eigenvalue weighted by atomic mass is 10.1. The molecule has 7 heteroatoms. The summed E-state index contributed by atoms with van der Waals surface area (Å²) in [6.07, 6.45) is -0.205. The van der Waals surface area contributed by atoms with Crippen molar-refractivity contribution in [2.75, 3.05) is 16.2 Å². The first-order chi connectivity index (χ1) is 15.4. The number of benzene rings is 3. The maximum atomic E-state index is 13.3. The SMILES string of the molecule is CCc1cccc(C)c1NC(=O)C1CN(S(=O)(=O)Cc2ccccc2)c2ccccc2O1. The average Bonchev–Trinajstić information content (AvgIpc) is 2.80. The molecular formula is C25H26N2O4S. The summed E-state index contributed by atoms with van der Waals surface area (Å²) in [5, 5.41) is 2.97. The maximum absolute atomic E-state index is 13.3. The Balaban J connectivity index is 1.63. The molecule has 0 fully saturated rings. The van der Waals surface area contributed by atoms with Crippen LogP contribution in [0.5, 0.6) is 5.75 Å². The Kier molecular flexibility index (Phi) is 6.19. The molecule has 32 heavy (non-hydrogen) atoms. The molecule has 0 saturated carbocycles. The van der Waals surface area contributed by atoms with E-state index in [0.717, 1.165) is 23.2 Å². The molecule has 3 aromatic rings. The fourth-order valence-corrected chi connectivity index (χ4v) is 5.45. The number of hydrogen-bond acceptors (Lipinski definition) is 4. The number of fused-ring (bicyclic) bond motifs is 1. The maximum Gasteiger partial charge on any atom is 0.267 e. The fraction of sp³-hybridized carbons (Fsp3) is 0.240. The van der Waals surface area contributed by atoms with E-state index in [1.165, 1.54) is 4.31 Å². The van der Waals surface area contributed by atoms with Gasteiger partial charge in [0.15, 0.2) is 6.10 Å². The first-order valence-electron chi connectivity index (χ1n) is 10.6. The number of amides is 1. The van der Waals surface area contributed by atoms with Gasteiger partial charge in [-0.05, 0) is 42.2 Å². The number of para-hydroxylation sites is 3. The van der Waals surface area contributed by atoms with Crippen molar-refractivity contribution in [3.05, 3.63) is 89.5 Å². The minimum absolute atomic E-state index is 0.0919. The van der Waals surface area contributed by atoms with Crippen LogP contribution in [0.3, 0.4) is 0 Å². The molecule has 0 spiro atoms. The van der Waals surface area contributed by atoms with Crippen LogP contribution in [0.15, 0.2) is 72.8 Å². The molecule has 3 aromatic carbocycles. The van der Waals surface area contributed by atoms with Crippen LogP contribution in [0.25, 0.3) is 0 Å². The number of anilines is 2. The highest BCUT2D eigenvalue weighted by molar-refractivity contribution is 7.92. The summed E-state index contributed by atoms with van der Waals surface area (Å²) in [6.45, 7) is 3.86. The zero-order valence-corrected chi connectivity index (χ0v) is 18.9. The van der Waals surface area contributed by atoms with Gasteiger partial charge in [-0.2, -0.15) is 0 Å². The van der Waals surface area contributed by atoms with Crippen LogP contribution in [-0.4, -0.2) is 27.0 Å². The number of carbonyl (C=O) groups is 1. The Morgan fingerprint density at radius 1 is 1.03 bits per heavy atom. The van der Waals surface area contributed by atoms with Gasteiger partial charge in [-0.25, -0.2) is 8.42 Å². The summed E-state index contributed by atoms with van der Waals surface area (Å²) in [4.78, 5) is 13.2. The molecule has 1 amide bonds. The van der Waals surface area contributed by atoms with Crippen molar-refractivity contribution in [3.8, 4) is 5.75 Å². The Bertz CT molecular complexity index is 1230. The van der Waals surface area contributed by atoms with Crippen LogP contribution >= 0.6 is 0 Å². The highest BCUT2D eigenvalue weighted by Crippen LogP contribution is 2.36. The molecule has 1 unspecified atom stereocenters. The predicted octanol–water partition coefficient (Wildman–Crippen LogP) is 4.29. The van der Waals surface area contributed by atoms with Crippen LogP contribution in [0, 0.1) is 6.92 Å². The number of sulfonamides is 1. The molecule has 1 atom stereocenters. The summed E-state index contributed by atoms with van der Waals surface area (Å²) in [7, 11) is -3.74. The van der Waals surface area contributed by atoms with E-state index in [9.17, 15) is 13.2 Å². The van der Waals surface area contributed by atoms with Crippen LogP contribution < -0.4 is 14.4 Å². The highest BCUT2D eigenvalue weighted by Gasteiger charge is 2.37. The Morgan fingerprint density at radius 2 is 1.75 bits per heavy atom. The summed E-state index contributed by atoms with van der Waals surface area (Å²) in [6, 6.07) is 21.8. The Hall–Kier alpha value is -3.32. The molecule has 166 valence electrons. The minimum atomic E-state index is -3.74. The third-order valence-electron chi connectivity index (χ3n) is 5.54. The van der Waals surface area contributed by atoms with Crippen LogP contribution in [0.1, 0.15) is 23.6 Å². The van der Waals surface area contributed by atoms with Gasteiger partial charge in [-0.15, -0.1) is 0 Å². The van der Waals surface area contributed by atoms with E-state index in [-0.39, 0.29) is 18.2 Å². The summed E-state index contributed by atoms with van der Waals surface area (Å²) >= 11 is 0. The van der Waals surface area contributed by atoms with Crippen molar-refractivity contribution >= 4 is 27.3 Å². The van der Waals surface area contributed by atoms with E-state index in [2.05, 4.69) is 5.32 Å². The van der Waals surface area contributed by atoms with Gasteiger partial charge < -0.3 is 10.1 Å². The van der Waals surface area contributed by atoms with Crippen LogP contribution in [-0.2, 0) is 27.0 Å². The molecule has 4 rings (SSSR count). The van der Waals surface area contributed by atoms with Crippen molar-refractivity contribution in [1.29, 1.82) is 0 Å². The quantitative estimate of drug-likeness (QED) is 0.608. The second-order valence-electron chi connectivity index (χ2n) is 7.80. The molecule has 0 aromatic heterocycles. The number of nitrogens with one attached hydrogen (secondary N) is 1. The minimum Gasteiger partial charge on any atom is -0.476 e. The van der Waals surface area contributed by atoms with E-state index in [1.807, 2.05) is 50.2 Å². The second kappa shape index (κ2) is 9.04. The van der Waals surface area contributed by atoms with Gasteiger partial charge in [0.2, 0.25) is 10.0 Å². The Labute approximate surface area is 188 Å². The number of carbonyl (C=O) groups excluding carboxylic acids is 1. The molecule has 1 N–H and O–H groups in total. The van der Waals surface area contributed by atoms with Gasteiger partial charge in [-0.1, -0.05) is 67.6 Å². The van der Waals surface area contributed by atoms with Gasteiger partial charge in [0.05, 0.1) is 18.0 Å². The molecule has 1 aliphatic heterocycles. The molecular weight excluding hydrogens is 424 g/mol. The topological polar surface area (TPSA) is 75.7 Å². The lowest BCUT2D eigenvalue weighted by Crippen LogP contribution is -2.49. The molecule has 1 heterocycles. The van der Waals surface area contributed by atoms with Gasteiger partial charge in [-0.3, -0.25) is 9.10 Å². The van der Waals surface area contributed by atoms with Gasteiger partial charge in [0.25, 0.3) is 5.91 Å². The zero-order valence-electron chi connectivity index (χ0n) is 18.1. The third kappa shape index (κ3) is 4.48. The van der Waals surface area contributed by atoms with Gasteiger partial charge in [0, 0.05) is 5.69 Å². The normalized spacial score (nSPS) is 15.6. The zero-order chi connectivity index (χ0) is 22.7. The van der Waals surface area contributed by atoms with Crippen molar-refractivity contribution < 1.29 is 17.9 Å². The van der Waals surface area contributed by atoms with E-state index in [1.54, 1.807) is 36.4 Å². The summed E-state index contributed by atoms with van der Waals surface area (Å²) < 4.78 is 33.9. The lowest BCUT2D eigenvalue weighted by Gasteiger charge is -2.35. The van der Waals surface area contributed by atoms with Gasteiger partial charge in [0.1, 0.15) is 5.75 Å². The van der Waals surface area contributed by atoms with Gasteiger partial charge >= 0.3 is 0 Å². The van der Waals surface area contributed by atoms with E-state index >= 15 is 0 Å². The number of rotatable bonds is 6. The highest BCUT2D eigenvalue weighted by atomic mass is 32.2.